The van der Waals surface area contributed by atoms with Crippen LogP contribution < -0.4 is 10.6 Å². The lowest BCUT2D eigenvalue weighted by Crippen LogP contribution is -2.24. The summed E-state index contributed by atoms with van der Waals surface area (Å²) in [7, 11) is 0. The summed E-state index contributed by atoms with van der Waals surface area (Å²) in [4.78, 5) is 28.4. The molecule has 0 aliphatic rings. The normalized spacial score (nSPS) is 11.3. The molecule has 0 radical (unpaired) electrons. The number of hydrogen-bond acceptors (Lipinski definition) is 5. The second kappa shape index (κ2) is 9.79. The van der Waals surface area contributed by atoms with E-state index >= 15 is 0 Å². The molecule has 2 aromatic heterocycles. The van der Waals surface area contributed by atoms with Crippen LogP contribution in [0.15, 0.2) is 60.1 Å². The molecule has 0 atom stereocenters. The first-order valence-corrected chi connectivity index (χ1v) is 11.9. The zero-order valence-corrected chi connectivity index (χ0v) is 20.7. The summed E-state index contributed by atoms with van der Waals surface area (Å²) in [6.45, 7) is 7.60. The van der Waals surface area contributed by atoms with E-state index < -0.39 is 0 Å². The number of thiazole rings is 1. The Morgan fingerprint density at radius 1 is 1.00 bits per heavy atom. The molecule has 2 amide bonds. The van der Waals surface area contributed by atoms with Crippen molar-refractivity contribution in [3.05, 3.63) is 71.6 Å². The van der Waals surface area contributed by atoms with Crippen molar-refractivity contribution in [1.29, 1.82) is 0 Å². The number of benzene rings is 2. The Hall–Kier alpha value is -3.85. The number of amides is 2. The molecule has 2 N–H and O–H groups in total. The Morgan fingerprint density at radius 3 is 2.23 bits per heavy atom. The van der Waals surface area contributed by atoms with E-state index in [4.69, 9.17) is 4.98 Å². The first-order chi connectivity index (χ1) is 16.6. The quantitative estimate of drug-likeness (QED) is 0.362. The molecular weight excluding hydrogens is 465 g/mol. The molecule has 0 unspecified atom stereocenters. The van der Waals surface area contributed by atoms with Gasteiger partial charge < -0.3 is 10.6 Å². The Balaban J connectivity index is 1.53. The minimum Gasteiger partial charge on any atom is -0.326 e. The molecule has 0 bridgehead atoms. The van der Waals surface area contributed by atoms with E-state index in [2.05, 4.69) is 36.5 Å². The highest BCUT2D eigenvalue weighted by molar-refractivity contribution is 7.13. The number of rotatable bonds is 6. The standard InChI is InChI=1S/C26H26FN5O2S/c1-16(33)29-19-9-11-20(12-10-19)30-23(34)13-21-15-35-25(31-21)22-14-28-32(26(2,3)4)24(22)17-5-7-18(27)8-6-17/h5-12,14-15H,13H2,1-4H3,(H,29,33)(H,30,34). The summed E-state index contributed by atoms with van der Waals surface area (Å²) >= 11 is 1.44. The van der Waals surface area contributed by atoms with E-state index in [0.717, 1.165) is 21.8 Å². The Kier molecular flexibility index (Phi) is 6.79. The molecule has 0 saturated heterocycles. The van der Waals surface area contributed by atoms with Gasteiger partial charge in [-0.15, -0.1) is 11.3 Å². The summed E-state index contributed by atoms with van der Waals surface area (Å²) in [5.74, 6) is -0.653. The van der Waals surface area contributed by atoms with Gasteiger partial charge in [-0.25, -0.2) is 9.37 Å². The third-order valence-electron chi connectivity index (χ3n) is 5.14. The smallest absolute Gasteiger partial charge is 0.230 e. The van der Waals surface area contributed by atoms with Gasteiger partial charge in [0.25, 0.3) is 0 Å². The highest BCUT2D eigenvalue weighted by Crippen LogP contribution is 2.36. The van der Waals surface area contributed by atoms with E-state index in [-0.39, 0.29) is 29.6 Å². The summed E-state index contributed by atoms with van der Waals surface area (Å²) in [5, 5.41) is 12.7. The topological polar surface area (TPSA) is 88.9 Å². The Morgan fingerprint density at radius 2 is 1.63 bits per heavy atom. The third kappa shape index (κ3) is 5.81. The van der Waals surface area contributed by atoms with Crippen LogP contribution in [0.3, 0.4) is 0 Å². The average Bonchev–Trinajstić information content (AvgIpc) is 3.42. The summed E-state index contributed by atoms with van der Waals surface area (Å²) < 4.78 is 15.5. The molecule has 0 fully saturated rings. The molecular formula is C26H26FN5O2S. The van der Waals surface area contributed by atoms with E-state index in [9.17, 15) is 14.0 Å². The molecule has 4 rings (SSSR count). The van der Waals surface area contributed by atoms with Gasteiger partial charge in [-0.3, -0.25) is 14.3 Å². The van der Waals surface area contributed by atoms with Crippen LogP contribution in [0, 0.1) is 5.82 Å². The van der Waals surface area contributed by atoms with Gasteiger partial charge in [0.1, 0.15) is 10.8 Å². The van der Waals surface area contributed by atoms with Crippen LogP contribution in [0.25, 0.3) is 21.8 Å². The summed E-state index contributed by atoms with van der Waals surface area (Å²) in [5.41, 5.74) is 4.16. The fraction of sp³-hybridized carbons (Fsp3) is 0.231. The number of anilines is 2. The second-order valence-electron chi connectivity index (χ2n) is 9.12. The summed E-state index contributed by atoms with van der Waals surface area (Å²) in [6.07, 6.45) is 1.88. The number of carbonyl (C=O) groups is 2. The van der Waals surface area contributed by atoms with Crippen molar-refractivity contribution in [2.75, 3.05) is 10.6 Å². The number of carbonyl (C=O) groups excluding carboxylic acids is 2. The maximum absolute atomic E-state index is 13.5. The molecule has 0 saturated carbocycles. The molecule has 4 aromatic rings. The average molecular weight is 492 g/mol. The van der Waals surface area contributed by atoms with Gasteiger partial charge in [0.05, 0.1) is 35.1 Å². The molecule has 35 heavy (non-hydrogen) atoms. The minimum atomic E-state index is -0.301. The van der Waals surface area contributed by atoms with Crippen LogP contribution in [0.5, 0.6) is 0 Å². The third-order valence-corrected chi connectivity index (χ3v) is 6.06. The van der Waals surface area contributed by atoms with Crippen LogP contribution in [0.1, 0.15) is 33.4 Å². The fourth-order valence-electron chi connectivity index (χ4n) is 3.62. The molecule has 0 aliphatic heterocycles. The fourth-order valence-corrected chi connectivity index (χ4v) is 4.45. The number of aromatic nitrogens is 3. The lowest BCUT2D eigenvalue weighted by atomic mass is 10.0. The Bertz CT molecular complexity index is 1350. The van der Waals surface area contributed by atoms with Crippen molar-refractivity contribution in [3.63, 3.8) is 0 Å². The predicted molar refractivity (Wildman–Crippen MR) is 137 cm³/mol. The zero-order chi connectivity index (χ0) is 25.2. The van der Waals surface area contributed by atoms with Crippen molar-refractivity contribution in [2.24, 2.45) is 0 Å². The lowest BCUT2D eigenvalue weighted by Gasteiger charge is -2.23. The van der Waals surface area contributed by atoms with Gasteiger partial charge in [0.2, 0.25) is 11.8 Å². The molecule has 9 heteroatoms. The Labute approximate surface area is 207 Å². The number of hydrogen-bond donors (Lipinski definition) is 2. The minimum absolute atomic E-state index is 0.114. The van der Waals surface area contributed by atoms with Gasteiger partial charge in [-0.05, 0) is 69.3 Å². The van der Waals surface area contributed by atoms with E-state index in [1.165, 1.54) is 30.4 Å². The first-order valence-electron chi connectivity index (χ1n) is 11.1. The van der Waals surface area contributed by atoms with Gasteiger partial charge in [-0.1, -0.05) is 0 Å². The first kappa shape index (κ1) is 24.3. The number of nitrogens with zero attached hydrogens (tertiary/aromatic N) is 3. The van der Waals surface area contributed by atoms with E-state index in [1.807, 2.05) is 10.1 Å². The van der Waals surface area contributed by atoms with Crippen LogP contribution in [-0.4, -0.2) is 26.6 Å². The van der Waals surface area contributed by atoms with Gasteiger partial charge in [-0.2, -0.15) is 5.10 Å². The molecule has 0 spiro atoms. The summed E-state index contributed by atoms with van der Waals surface area (Å²) in [6, 6.07) is 13.2. The van der Waals surface area contributed by atoms with Crippen LogP contribution in [-0.2, 0) is 21.5 Å². The van der Waals surface area contributed by atoms with Gasteiger partial charge in [0.15, 0.2) is 0 Å². The lowest BCUT2D eigenvalue weighted by molar-refractivity contribution is -0.116. The SMILES string of the molecule is CC(=O)Nc1ccc(NC(=O)Cc2csc(-c3cnn(C(C)(C)C)c3-c3ccc(F)cc3)n2)cc1. The maximum Gasteiger partial charge on any atom is 0.230 e. The zero-order valence-electron chi connectivity index (χ0n) is 19.9. The van der Waals surface area contributed by atoms with E-state index in [1.54, 1.807) is 42.6 Å². The maximum atomic E-state index is 13.5. The largest absolute Gasteiger partial charge is 0.326 e. The van der Waals surface area contributed by atoms with Crippen molar-refractivity contribution < 1.29 is 14.0 Å². The molecule has 2 heterocycles. The van der Waals surface area contributed by atoms with Gasteiger partial charge in [0, 0.05) is 29.2 Å². The van der Waals surface area contributed by atoms with Crippen molar-refractivity contribution in [1.82, 2.24) is 14.8 Å². The molecule has 180 valence electrons. The van der Waals surface area contributed by atoms with E-state index in [0.29, 0.717) is 17.1 Å². The second-order valence-corrected chi connectivity index (χ2v) is 9.98. The number of halogens is 1. The van der Waals surface area contributed by atoms with Gasteiger partial charge >= 0.3 is 0 Å². The molecule has 2 aromatic carbocycles. The van der Waals surface area contributed by atoms with Crippen molar-refractivity contribution >= 4 is 34.5 Å². The molecule has 7 nitrogen and oxygen atoms in total. The molecule has 0 aliphatic carbocycles. The highest BCUT2D eigenvalue weighted by Gasteiger charge is 2.24. The number of nitrogens with one attached hydrogen (secondary N) is 2. The predicted octanol–water partition coefficient (Wildman–Crippen LogP) is 5.71. The monoisotopic (exact) mass is 491 g/mol. The van der Waals surface area contributed by atoms with Crippen LogP contribution in [0.4, 0.5) is 15.8 Å². The highest BCUT2D eigenvalue weighted by atomic mass is 32.1. The van der Waals surface area contributed by atoms with Crippen molar-refractivity contribution in [2.45, 2.75) is 39.7 Å². The van der Waals surface area contributed by atoms with Crippen LogP contribution >= 0.6 is 11.3 Å². The van der Waals surface area contributed by atoms with Crippen molar-refractivity contribution in [3.8, 4) is 21.8 Å². The van der Waals surface area contributed by atoms with Crippen LogP contribution in [0.2, 0.25) is 0 Å².